The molecule has 1 aliphatic rings. The van der Waals surface area contributed by atoms with E-state index in [-0.39, 0.29) is 6.42 Å². The number of carbonyl (C=O) groups excluding carboxylic acids is 1. The SMILES string of the molecule is Cc1coc(C2CCCN2C(=O)c2cc(C(=N)OC(=N)[C@](C)(N)Cc3ccccc3)c(F)cc2F)n1. The third kappa shape index (κ3) is 5.18. The lowest BCUT2D eigenvalue weighted by molar-refractivity contribution is 0.0710. The lowest BCUT2D eigenvalue weighted by atomic mass is 9.93. The van der Waals surface area contributed by atoms with Crippen LogP contribution in [0.2, 0.25) is 0 Å². The lowest BCUT2D eigenvalue weighted by Crippen LogP contribution is -2.48. The van der Waals surface area contributed by atoms with Crippen LogP contribution in [-0.2, 0) is 11.2 Å². The van der Waals surface area contributed by atoms with Crippen molar-refractivity contribution in [2.75, 3.05) is 6.54 Å². The Morgan fingerprint density at radius 2 is 1.92 bits per heavy atom. The highest BCUT2D eigenvalue weighted by Crippen LogP contribution is 2.33. The van der Waals surface area contributed by atoms with Crippen molar-refractivity contribution >= 4 is 17.7 Å². The van der Waals surface area contributed by atoms with Crippen molar-refractivity contribution in [2.45, 2.75) is 44.7 Å². The summed E-state index contributed by atoms with van der Waals surface area (Å²) in [5.41, 5.74) is 5.59. The van der Waals surface area contributed by atoms with Crippen LogP contribution in [0.4, 0.5) is 8.78 Å². The monoisotopic (exact) mass is 495 g/mol. The molecule has 188 valence electrons. The molecule has 3 aromatic rings. The van der Waals surface area contributed by atoms with E-state index < -0.39 is 52.0 Å². The van der Waals surface area contributed by atoms with Crippen LogP contribution in [0.25, 0.3) is 0 Å². The summed E-state index contributed by atoms with van der Waals surface area (Å²) in [5.74, 6) is -3.70. The molecule has 1 fully saturated rings. The average molecular weight is 496 g/mol. The minimum Gasteiger partial charge on any atom is -0.446 e. The highest BCUT2D eigenvalue weighted by Gasteiger charge is 2.36. The van der Waals surface area contributed by atoms with Crippen molar-refractivity contribution < 1.29 is 22.7 Å². The van der Waals surface area contributed by atoms with Crippen molar-refractivity contribution in [3.8, 4) is 0 Å². The van der Waals surface area contributed by atoms with Gasteiger partial charge in [0.05, 0.1) is 22.4 Å². The van der Waals surface area contributed by atoms with E-state index in [1.807, 2.05) is 30.3 Å². The molecule has 4 N–H and O–H groups in total. The maximum atomic E-state index is 14.7. The fourth-order valence-electron chi connectivity index (χ4n) is 4.21. The van der Waals surface area contributed by atoms with Crippen molar-refractivity contribution in [1.82, 2.24) is 9.88 Å². The molecule has 36 heavy (non-hydrogen) atoms. The molecule has 1 unspecified atom stereocenters. The van der Waals surface area contributed by atoms with Gasteiger partial charge in [0.1, 0.15) is 23.9 Å². The molecule has 2 atom stereocenters. The summed E-state index contributed by atoms with van der Waals surface area (Å²) in [5, 5.41) is 16.5. The molecule has 0 spiro atoms. The van der Waals surface area contributed by atoms with Crippen LogP contribution in [0.15, 0.2) is 53.1 Å². The summed E-state index contributed by atoms with van der Waals surface area (Å²) >= 11 is 0. The van der Waals surface area contributed by atoms with Gasteiger partial charge < -0.3 is 19.8 Å². The van der Waals surface area contributed by atoms with Crippen molar-refractivity contribution in [2.24, 2.45) is 5.73 Å². The maximum absolute atomic E-state index is 14.7. The summed E-state index contributed by atoms with van der Waals surface area (Å²) in [7, 11) is 0. The zero-order valence-corrected chi connectivity index (χ0v) is 20.0. The molecule has 0 radical (unpaired) electrons. The molecular formula is C26H27F2N5O3. The Hall–Kier alpha value is -3.92. The topological polar surface area (TPSA) is 129 Å². The summed E-state index contributed by atoms with van der Waals surface area (Å²) in [6.45, 7) is 3.67. The first-order valence-corrected chi connectivity index (χ1v) is 11.5. The second-order valence-electron chi connectivity index (χ2n) is 9.14. The number of hydrogen-bond donors (Lipinski definition) is 3. The van der Waals surface area contributed by atoms with Crippen LogP contribution in [0.1, 0.15) is 58.9 Å². The first-order valence-electron chi connectivity index (χ1n) is 11.5. The maximum Gasteiger partial charge on any atom is 0.257 e. The quantitative estimate of drug-likeness (QED) is 0.342. The Labute approximate surface area is 207 Å². The van der Waals surface area contributed by atoms with Crippen molar-refractivity contribution in [1.29, 1.82) is 10.8 Å². The highest BCUT2D eigenvalue weighted by molar-refractivity contribution is 6.04. The van der Waals surface area contributed by atoms with E-state index in [0.29, 0.717) is 37.0 Å². The van der Waals surface area contributed by atoms with Gasteiger partial charge in [-0.05, 0) is 44.7 Å². The molecule has 0 aliphatic carbocycles. The Kier molecular flexibility index (Phi) is 6.98. The molecule has 1 aliphatic heterocycles. The number of nitrogens with zero attached hydrogens (tertiary/aromatic N) is 2. The van der Waals surface area contributed by atoms with Gasteiger partial charge in [-0.1, -0.05) is 30.3 Å². The number of benzene rings is 2. The number of aromatic nitrogens is 1. The van der Waals surface area contributed by atoms with Crippen molar-refractivity contribution in [3.63, 3.8) is 0 Å². The Balaban J connectivity index is 1.54. The number of carbonyl (C=O) groups is 1. The summed E-state index contributed by atoms with van der Waals surface area (Å²) in [6, 6.07) is 10.2. The zero-order chi connectivity index (χ0) is 26.0. The molecule has 2 aromatic carbocycles. The number of rotatable bonds is 6. The van der Waals surface area contributed by atoms with Crippen LogP contribution in [-0.4, -0.2) is 39.7 Å². The van der Waals surface area contributed by atoms with E-state index >= 15 is 0 Å². The average Bonchev–Trinajstić information content (AvgIpc) is 3.48. The van der Waals surface area contributed by atoms with E-state index in [1.165, 1.54) is 11.2 Å². The number of nitrogens with one attached hydrogen (secondary N) is 2. The fourth-order valence-corrected chi connectivity index (χ4v) is 4.21. The second kappa shape index (κ2) is 9.98. The number of halogens is 2. The van der Waals surface area contributed by atoms with Crippen molar-refractivity contribution in [3.05, 3.63) is 88.6 Å². The predicted octanol–water partition coefficient (Wildman–Crippen LogP) is 4.52. The van der Waals surface area contributed by atoms with E-state index in [4.69, 9.17) is 25.7 Å². The normalized spacial score (nSPS) is 17.0. The zero-order valence-electron chi connectivity index (χ0n) is 20.0. The van der Waals surface area contributed by atoms with Gasteiger partial charge in [0.15, 0.2) is 0 Å². The minimum absolute atomic E-state index is 0.242. The molecular weight excluding hydrogens is 468 g/mol. The fraction of sp³-hybridized carbons (Fsp3) is 0.308. The van der Waals surface area contributed by atoms with E-state index in [1.54, 1.807) is 13.8 Å². The molecule has 8 nitrogen and oxygen atoms in total. The third-order valence-corrected chi connectivity index (χ3v) is 6.10. The standard InChI is InChI=1S/C26H27F2N5O3/c1-15-14-35-23(32-15)21-9-6-10-33(21)24(34)18-11-17(19(27)12-20(18)28)22(29)36-25(30)26(2,31)13-16-7-4-3-5-8-16/h3-5,7-8,11-12,14,21,29-30H,6,9-10,13,31H2,1-2H3/t21?,26-/m1/s1. The molecule has 0 bridgehead atoms. The second-order valence-corrected chi connectivity index (χ2v) is 9.14. The Bertz CT molecular complexity index is 1310. The van der Waals surface area contributed by atoms with Crippen LogP contribution in [0, 0.1) is 29.4 Å². The Morgan fingerprint density at radius 1 is 1.22 bits per heavy atom. The number of hydrogen-bond acceptors (Lipinski definition) is 7. The van der Waals surface area contributed by atoms with Gasteiger partial charge in [-0.25, -0.2) is 13.8 Å². The van der Waals surface area contributed by atoms with E-state index in [2.05, 4.69) is 4.98 Å². The first-order chi connectivity index (χ1) is 17.1. The highest BCUT2D eigenvalue weighted by atomic mass is 19.1. The number of oxazole rings is 1. The molecule has 4 rings (SSSR count). The number of nitrogens with two attached hydrogens (primary N) is 1. The van der Waals surface area contributed by atoms with E-state index in [9.17, 15) is 13.6 Å². The van der Waals surface area contributed by atoms with Crippen LogP contribution in [0.3, 0.4) is 0 Å². The number of amides is 1. The minimum atomic E-state index is -1.29. The molecule has 10 heteroatoms. The largest absolute Gasteiger partial charge is 0.446 e. The third-order valence-electron chi connectivity index (χ3n) is 6.10. The summed E-state index contributed by atoms with van der Waals surface area (Å²) < 4.78 is 40.1. The van der Waals surface area contributed by atoms with Gasteiger partial charge in [-0.2, -0.15) is 0 Å². The van der Waals surface area contributed by atoms with Crippen LogP contribution < -0.4 is 5.73 Å². The van der Waals surface area contributed by atoms with Gasteiger partial charge >= 0.3 is 0 Å². The molecule has 2 heterocycles. The molecule has 0 saturated carbocycles. The molecule has 1 amide bonds. The summed E-state index contributed by atoms with van der Waals surface area (Å²) in [6.07, 6.45) is 2.98. The molecule has 1 aromatic heterocycles. The van der Waals surface area contributed by atoms with Gasteiger partial charge in [0, 0.05) is 12.6 Å². The number of likely N-dealkylation sites (tertiary alicyclic amines) is 1. The van der Waals surface area contributed by atoms with Gasteiger partial charge in [-0.15, -0.1) is 0 Å². The van der Waals surface area contributed by atoms with Crippen LogP contribution in [0.5, 0.6) is 0 Å². The molecule has 1 saturated heterocycles. The van der Waals surface area contributed by atoms with Gasteiger partial charge in [-0.3, -0.25) is 15.6 Å². The predicted molar refractivity (Wildman–Crippen MR) is 129 cm³/mol. The van der Waals surface area contributed by atoms with Gasteiger partial charge in [0.2, 0.25) is 17.7 Å². The number of aryl methyl sites for hydroxylation is 1. The van der Waals surface area contributed by atoms with Crippen LogP contribution >= 0.6 is 0 Å². The van der Waals surface area contributed by atoms with E-state index in [0.717, 1.165) is 11.6 Å². The summed E-state index contributed by atoms with van der Waals surface area (Å²) in [4.78, 5) is 19.0. The number of ether oxygens (including phenoxy) is 1. The Morgan fingerprint density at radius 3 is 2.58 bits per heavy atom. The lowest BCUT2D eigenvalue weighted by Gasteiger charge is -2.25. The van der Waals surface area contributed by atoms with Gasteiger partial charge in [0.25, 0.3) is 5.91 Å². The first kappa shape index (κ1) is 25.2. The smallest absolute Gasteiger partial charge is 0.257 e.